The number of nitrogens with two attached hydrogens (primary N) is 3. The van der Waals surface area contributed by atoms with E-state index >= 15 is 0 Å². The van der Waals surface area contributed by atoms with E-state index in [2.05, 4.69) is 0 Å². The topological polar surface area (TPSA) is 115 Å². The van der Waals surface area contributed by atoms with E-state index in [1.807, 2.05) is 30.3 Å². The molecule has 0 fully saturated rings. The lowest BCUT2D eigenvalue weighted by atomic mass is 10.1. The molecular weight excluding hydrogens is 348 g/mol. The second kappa shape index (κ2) is 7.38. The molecule has 0 bridgehead atoms. The number of primary amides is 1. The van der Waals surface area contributed by atoms with Gasteiger partial charge in [-0.15, -0.1) is 11.3 Å². The van der Waals surface area contributed by atoms with E-state index in [1.165, 1.54) is 11.3 Å². The maximum Gasteiger partial charge on any atom is 0.272 e. The lowest BCUT2D eigenvalue weighted by Gasteiger charge is -2.16. The summed E-state index contributed by atoms with van der Waals surface area (Å²) in [5, 5.41) is 1.54. The molecule has 132 valence electrons. The number of anilines is 2. The van der Waals surface area contributed by atoms with Gasteiger partial charge < -0.3 is 11.5 Å². The van der Waals surface area contributed by atoms with E-state index in [-0.39, 0.29) is 5.91 Å². The molecule has 0 saturated heterocycles. The molecule has 26 heavy (non-hydrogen) atoms. The van der Waals surface area contributed by atoms with Gasteiger partial charge in [-0.3, -0.25) is 9.59 Å². The number of carbonyl (C=O) groups is 2. The Morgan fingerprint density at radius 2 is 1.65 bits per heavy atom. The van der Waals surface area contributed by atoms with Crippen LogP contribution in [0, 0.1) is 0 Å². The highest BCUT2D eigenvalue weighted by Crippen LogP contribution is 2.27. The minimum Gasteiger partial charge on any atom is -0.390 e. The van der Waals surface area contributed by atoms with Crippen LogP contribution in [0.1, 0.15) is 31.2 Å². The summed E-state index contributed by atoms with van der Waals surface area (Å²) in [5.74, 6) is 5.08. The summed E-state index contributed by atoms with van der Waals surface area (Å²) in [7, 11) is 0. The molecule has 0 spiro atoms. The lowest BCUT2D eigenvalue weighted by Crippen LogP contribution is -2.37. The third-order valence-corrected chi connectivity index (χ3v) is 4.87. The van der Waals surface area contributed by atoms with Gasteiger partial charge in [0.25, 0.3) is 11.8 Å². The van der Waals surface area contributed by atoms with Crippen LogP contribution in [0.25, 0.3) is 0 Å². The number of carbonyl (C=O) groups excluding carboxylic acids is 2. The molecule has 2 amide bonds. The van der Waals surface area contributed by atoms with Crippen LogP contribution in [0.3, 0.4) is 0 Å². The molecule has 0 aliphatic carbocycles. The smallest absolute Gasteiger partial charge is 0.272 e. The van der Waals surface area contributed by atoms with Crippen molar-refractivity contribution >= 4 is 33.8 Å². The standard InChI is InChI=1S/C19H18N4O2S/c20-17(24)16-11-15(26-18(16)21)10-12-6-8-13(9-7-12)19(25)23(22)14-4-2-1-3-5-14/h1-9,11H,10,21-22H2,(H2,20,24). The van der Waals surface area contributed by atoms with Gasteiger partial charge in [-0.05, 0) is 35.9 Å². The molecule has 1 heterocycles. The molecule has 0 radical (unpaired) electrons. The van der Waals surface area contributed by atoms with E-state index in [1.54, 1.807) is 30.3 Å². The van der Waals surface area contributed by atoms with Crippen LogP contribution in [0.5, 0.6) is 0 Å². The van der Waals surface area contributed by atoms with E-state index in [4.69, 9.17) is 17.3 Å². The number of benzene rings is 2. The molecule has 0 unspecified atom stereocenters. The van der Waals surface area contributed by atoms with Crippen LogP contribution in [-0.4, -0.2) is 11.8 Å². The number of rotatable bonds is 5. The van der Waals surface area contributed by atoms with Gasteiger partial charge in [0, 0.05) is 16.9 Å². The quantitative estimate of drug-likeness (QED) is 0.365. The van der Waals surface area contributed by atoms with E-state index in [0.29, 0.717) is 28.2 Å². The predicted molar refractivity (Wildman–Crippen MR) is 104 cm³/mol. The van der Waals surface area contributed by atoms with Gasteiger partial charge >= 0.3 is 0 Å². The van der Waals surface area contributed by atoms with Crippen molar-refractivity contribution in [2.45, 2.75) is 6.42 Å². The maximum absolute atomic E-state index is 12.5. The van der Waals surface area contributed by atoms with Crippen molar-refractivity contribution in [3.05, 3.63) is 82.2 Å². The van der Waals surface area contributed by atoms with Crippen molar-refractivity contribution in [1.29, 1.82) is 0 Å². The fraction of sp³-hybridized carbons (Fsp3) is 0.0526. The fourth-order valence-electron chi connectivity index (χ4n) is 2.55. The van der Waals surface area contributed by atoms with Gasteiger partial charge in [-0.25, -0.2) is 10.9 Å². The Labute approximate surface area is 154 Å². The first-order chi connectivity index (χ1) is 12.5. The molecule has 6 N–H and O–H groups in total. The van der Waals surface area contributed by atoms with Crippen molar-refractivity contribution in [2.24, 2.45) is 11.6 Å². The summed E-state index contributed by atoms with van der Waals surface area (Å²) in [5.41, 5.74) is 13.5. The summed E-state index contributed by atoms with van der Waals surface area (Å²) in [4.78, 5) is 24.7. The van der Waals surface area contributed by atoms with Crippen molar-refractivity contribution in [3.8, 4) is 0 Å². The molecule has 1 aromatic heterocycles. The molecule has 0 aliphatic rings. The summed E-state index contributed by atoms with van der Waals surface area (Å²) >= 11 is 1.33. The number of nitrogen functional groups attached to an aromatic ring is 1. The molecule has 3 aromatic rings. The van der Waals surface area contributed by atoms with Crippen LogP contribution in [0.4, 0.5) is 10.7 Å². The Morgan fingerprint density at radius 1 is 1.00 bits per heavy atom. The number of hydrogen-bond donors (Lipinski definition) is 3. The summed E-state index contributed by atoms with van der Waals surface area (Å²) < 4.78 is 0. The maximum atomic E-state index is 12.5. The van der Waals surface area contributed by atoms with Crippen molar-refractivity contribution in [1.82, 2.24) is 0 Å². The number of hydrazine groups is 1. The fourth-order valence-corrected chi connectivity index (χ4v) is 3.52. The van der Waals surface area contributed by atoms with E-state index in [0.717, 1.165) is 15.4 Å². The first kappa shape index (κ1) is 17.7. The Balaban J connectivity index is 1.73. The van der Waals surface area contributed by atoms with Gasteiger partial charge in [0.2, 0.25) is 0 Å². The van der Waals surface area contributed by atoms with Crippen LogP contribution >= 0.6 is 11.3 Å². The molecule has 7 heteroatoms. The largest absolute Gasteiger partial charge is 0.390 e. The normalized spacial score (nSPS) is 10.5. The van der Waals surface area contributed by atoms with Gasteiger partial charge in [0.1, 0.15) is 0 Å². The summed E-state index contributed by atoms with van der Waals surface area (Å²) in [6, 6.07) is 17.9. The highest BCUT2D eigenvalue weighted by atomic mass is 32.1. The monoisotopic (exact) mass is 366 g/mol. The average Bonchev–Trinajstić information content (AvgIpc) is 3.02. The zero-order valence-corrected chi connectivity index (χ0v) is 14.7. The lowest BCUT2D eigenvalue weighted by molar-refractivity contribution is 0.0983. The Kier molecular flexibility index (Phi) is 5.01. The highest BCUT2D eigenvalue weighted by molar-refractivity contribution is 7.16. The van der Waals surface area contributed by atoms with Gasteiger partial charge in [-0.1, -0.05) is 30.3 Å². The molecule has 6 nitrogen and oxygen atoms in total. The summed E-state index contributed by atoms with van der Waals surface area (Å²) in [6.07, 6.45) is 0.599. The molecule has 0 saturated carbocycles. The minimum atomic E-state index is -0.533. The molecule has 3 rings (SSSR count). The Hall–Kier alpha value is -3.16. The Bertz CT molecular complexity index is 936. The number of hydrogen-bond acceptors (Lipinski definition) is 5. The molecule has 0 aliphatic heterocycles. The first-order valence-corrected chi connectivity index (χ1v) is 8.68. The van der Waals surface area contributed by atoms with Gasteiger partial charge in [-0.2, -0.15) is 0 Å². The van der Waals surface area contributed by atoms with E-state index in [9.17, 15) is 9.59 Å². The molecule has 2 aromatic carbocycles. The number of para-hydroxylation sites is 1. The zero-order valence-electron chi connectivity index (χ0n) is 13.9. The zero-order chi connectivity index (χ0) is 18.7. The van der Waals surface area contributed by atoms with Crippen molar-refractivity contribution < 1.29 is 9.59 Å². The van der Waals surface area contributed by atoms with Crippen LogP contribution in [0.15, 0.2) is 60.7 Å². The van der Waals surface area contributed by atoms with Crippen LogP contribution in [-0.2, 0) is 6.42 Å². The third kappa shape index (κ3) is 3.74. The first-order valence-electron chi connectivity index (χ1n) is 7.87. The Morgan fingerprint density at radius 3 is 2.23 bits per heavy atom. The molecule has 0 atom stereocenters. The van der Waals surface area contributed by atoms with Crippen LogP contribution in [0.2, 0.25) is 0 Å². The average molecular weight is 366 g/mol. The second-order valence-electron chi connectivity index (χ2n) is 5.74. The minimum absolute atomic E-state index is 0.292. The van der Waals surface area contributed by atoms with Crippen molar-refractivity contribution in [2.75, 3.05) is 10.7 Å². The number of nitrogens with zero attached hydrogens (tertiary/aromatic N) is 1. The van der Waals surface area contributed by atoms with Crippen LogP contribution < -0.4 is 22.3 Å². The van der Waals surface area contributed by atoms with E-state index < -0.39 is 5.91 Å². The summed E-state index contributed by atoms with van der Waals surface area (Å²) in [6.45, 7) is 0. The third-order valence-electron chi connectivity index (χ3n) is 3.91. The van der Waals surface area contributed by atoms with Gasteiger partial charge in [0.15, 0.2) is 0 Å². The van der Waals surface area contributed by atoms with Crippen molar-refractivity contribution in [3.63, 3.8) is 0 Å². The number of thiophene rings is 1. The predicted octanol–water partition coefficient (Wildman–Crippen LogP) is 2.54. The second-order valence-corrected chi connectivity index (χ2v) is 6.91. The SMILES string of the molecule is NC(=O)c1cc(Cc2ccc(C(=O)N(N)c3ccccc3)cc2)sc1N. The number of amides is 2. The molecular formula is C19H18N4O2S. The van der Waals surface area contributed by atoms with Gasteiger partial charge in [0.05, 0.1) is 16.3 Å². The highest BCUT2D eigenvalue weighted by Gasteiger charge is 2.15.